The standard InChI is InChI=1S/C41H28N2S/c1-41(2)31-17-8-6-14-29(31)39-38(41)37-34(43(39)25-11-4-3-5-12-25)22-21-33-36(37)30-23-24(19-20-32(30)42-33)26-15-10-16-28-27-13-7-9-18-35(27)44-40(26)28/h3-23,42H,1-2H3. The van der Waals surface area contributed by atoms with E-state index in [2.05, 4.69) is 151 Å². The molecule has 208 valence electrons. The number of nitrogens with zero attached hydrogens (tertiary/aromatic N) is 1. The molecule has 0 atom stereocenters. The molecule has 0 bridgehead atoms. The van der Waals surface area contributed by atoms with Gasteiger partial charge >= 0.3 is 0 Å². The fourth-order valence-electron chi connectivity index (χ4n) is 7.99. The second kappa shape index (κ2) is 8.49. The summed E-state index contributed by atoms with van der Waals surface area (Å²) in [7, 11) is 0. The van der Waals surface area contributed by atoms with Crippen molar-refractivity contribution in [2.45, 2.75) is 19.3 Å². The molecule has 44 heavy (non-hydrogen) atoms. The second-order valence-electron chi connectivity index (χ2n) is 12.6. The number of aromatic amines is 1. The van der Waals surface area contributed by atoms with Gasteiger partial charge in [0.2, 0.25) is 0 Å². The van der Waals surface area contributed by atoms with Crippen LogP contribution < -0.4 is 0 Å². The topological polar surface area (TPSA) is 20.7 Å². The van der Waals surface area contributed by atoms with Gasteiger partial charge in [-0.15, -0.1) is 11.3 Å². The average Bonchev–Trinajstić information content (AvgIpc) is 3.78. The van der Waals surface area contributed by atoms with E-state index in [0.717, 1.165) is 0 Å². The minimum Gasteiger partial charge on any atom is -0.354 e. The summed E-state index contributed by atoms with van der Waals surface area (Å²) >= 11 is 1.90. The van der Waals surface area contributed by atoms with E-state index < -0.39 is 0 Å². The molecule has 0 amide bonds. The lowest BCUT2D eigenvalue weighted by atomic mass is 9.81. The van der Waals surface area contributed by atoms with Crippen LogP contribution in [0.2, 0.25) is 0 Å². The zero-order valence-corrected chi connectivity index (χ0v) is 25.3. The third-order valence-electron chi connectivity index (χ3n) is 9.90. The van der Waals surface area contributed by atoms with E-state index in [-0.39, 0.29) is 5.41 Å². The maximum absolute atomic E-state index is 3.79. The van der Waals surface area contributed by atoms with Crippen molar-refractivity contribution < 1.29 is 0 Å². The van der Waals surface area contributed by atoms with E-state index in [0.29, 0.717) is 0 Å². The van der Waals surface area contributed by atoms with Crippen molar-refractivity contribution in [2.75, 3.05) is 0 Å². The largest absolute Gasteiger partial charge is 0.354 e. The summed E-state index contributed by atoms with van der Waals surface area (Å²) in [6, 6.07) is 46.9. The van der Waals surface area contributed by atoms with Crippen LogP contribution in [-0.4, -0.2) is 9.55 Å². The van der Waals surface area contributed by atoms with Gasteiger partial charge in [-0.1, -0.05) is 98.8 Å². The molecule has 9 aromatic rings. The molecule has 6 aromatic carbocycles. The van der Waals surface area contributed by atoms with Gasteiger partial charge in [0.05, 0.1) is 11.2 Å². The van der Waals surface area contributed by atoms with Crippen molar-refractivity contribution in [1.82, 2.24) is 9.55 Å². The number of benzene rings is 6. The molecular weight excluding hydrogens is 553 g/mol. The molecular formula is C41H28N2S. The number of aromatic nitrogens is 2. The Hall–Kier alpha value is -5.12. The highest BCUT2D eigenvalue weighted by atomic mass is 32.1. The smallest absolute Gasteiger partial charge is 0.0585 e. The van der Waals surface area contributed by atoms with Gasteiger partial charge in [0.1, 0.15) is 0 Å². The predicted octanol–water partition coefficient (Wildman–Crippen LogP) is 11.6. The number of nitrogens with one attached hydrogen (secondary N) is 1. The molecule has 0 saturated carbocycles. The lowest BCUT2D eigenvalue weighted by Crippen LogP contribution is -2.14. The fourth-order valence-corrected chi connectivity index (χ4v) is 9.23. The maximum Gasteiger partial charge on any atom is 0.0585 e. The van der Waals surface area contributed by atoms with E-state index in [1.165, 1.54) is 92.1 Å². The van der Waals surface area contributed by atoms with Gasteiger partial charge in [-0.2, -0.15) is 0 Å². The Morgan fingerprint density at radius 2 is 1.36 bits per heavy atom. The number of hydrogen-bond acceptors (Lipinski definition) is 1. The van der Waals surface area contributed by atoms with E-state index in [4.69, 9.17) is 0 Å². The molecule has 3 aromatic heterocycles. The van der Waals surface area contributed by atoms with Gasteiger partial charge in [-0.05, 0) is 64.7 Å². The molecule has 0 spiro atoms. The quantitative estimate of drug-likeness (QED) is 0.210. The molecule has 3 heterocycles. The summed E-state index contributed by atoms with van der Waals surface area (Å²) < 4.78 is 5.19. The van der Waals surface area contributed by atoms with Crippen molar-refractivity contribution in [3.05, 3.63) is 139 Å². The molecule has 0 fully saturated rings. The maximum atomic E-state index is 3.79. The first-order valence-electron chi connectivity index (χ1n) is 15.3. The lowest BCUT2D eigenvalue weighted by Gasteiger charge is -2.21. The van der Waals surface area contributed by atoms with Crippen LogP contribution >= 0.6 is 11.3 Å². The highest BCUT2D eigenvalue weighted by Crippen LogP contribution is 2.55. The molecule has 1 aliphatic carbocycles. The molecule has 3 heteroatoms. The Bertz CT molecular complexity index is 2630. The van der Waals surface area contributed by atoms with Crippen LogP contribution in [0.1, 0.15) is 25.0 Å². The summed E-state index contributed by atoms with van der Waals surface area (Å²) in [6.45, 7) is 4.79. The van der Waals surface area contributed by atoms with Crippen LogP contribution in [0, 0.1) is 0 Å². The first-order valence-corrected chi connectivity index (χ1v) is 16.1. The Balaban J connectivity index is 1.33. The summed E-state index contributed by atoms with van der Waals surface area (Å²) in [5.74, 6) is 0. The number of para-hydroxylation sites is 1. The van der Waals surface area contributed by atoms with Gasteiger partial charge in [0.15, 0.2) is 0 Å². The molecule has 2 nitrogen and oxygen atoms in total. The number of rotatable bonds is 2. The molecule has 0 radical (unpaired) electrons. The first kappa shape index (κ1) is 24.3. The van der Waals surface area contributed by atoms with E-state index >= 15 is 0 Å². The molecule has 0 unspecified atom stereocenters. The van der Waals surface area contributed by atoms with Crippen LogP contribution in [0.4, 0.5) is 0 Å². The van der Waals surface area contributed by atoms with Crippen LogP contribution in [0.5, 0.6) is 0 Å². The molecule has 1 N–H and O–H groups in total. The van der Waals surface area contributed by atoms with E-state index in [1.54, 1.807) is 0 Å². The van der Waals surface area contributed by atoms with Crippen LogP contribution in [-0.2, 0) is 5.41 Å². The van der Waals surface area contributed by atoms with Crippen molar-refractivity contribution in [3.63, 3.8) is 0 Å². The van der Waals surface area contributed by atoms with Gasteiger partial charge in [-0.3, -0.25) is 0 Å². The highest BCUT2D eigenvalue weighted by Gasteiger charge is 2.41. The van der Waals surface area contributed by atoms with Gasteiger partial charge in [0, 0.05) is 64.0 Å². The zero-order valence-electron chi connectivity index (χ0n) is 24.5. The summed E-state index contributed by atoms with van der Waals surface area (Å²) in [5, 5.41) is 6.62. The SMILES string of the molecule is CC1(C)c2ccccc2-c2c1c1c3c(ccc1n2-c1ccccc1)[nH]c1ccc(-c2cccc4c2sc2ccccc24)cc13. The lowest BCUT2D eigenvalue weighted by molar-refractivity contribution is 0.666. The third-order valence-corrected chi connectivity index (χ3v) is 11.1. The monoisotopic (exact) mass is 580 g/mol. The number of thiophene rings is 1. The molecule has 10 rings (SSSR count). The van der Waals surface area contributed by atoms with Gasteiger partial charge in [0.25, 0.3) is 0 Å². The molecule has 0 aliphatic heterocycles. The third kappa shape index (κ3) is 3.04. The van der Waals surface area contributed by atoms with Gasteiger partial charge < -0.3 is 9.55 Å². The Labute approximate surface area is 258 Å². The van der Waals surface area contributed by atoms with Crippen LogP contribution in [0.3, 0.4) is 0 Å². The van der Waals surface area contributed by atoms with Crippen LogP contribution in [0.25, 0.3) is 81.0 Å². The van der Waals surface area contributed by atoms with E-state index in [1.807, 2.05) is 11.3 Å². The van der Waals surface area contributed by atoms with Crippen molar-refractivity contribution in [3.8, 4) is 28.1 Å². The summed E-state index contributed by atoms with van der Waals surface area (Å²) in [4.78, 5) is 3.79. The number of fused-ring (bicyclic) bond motifs is 12. The van der Waals surface area contributed by atoms with Crippen molar-refractivity contribution >= 4 is 64.2 Å². The minimum absolute atomic E-state index is 0.137. The average molecular weight is 581 g/mol. The summed E-state index contributed by atoms with van der Waals surface area (Å²) in [5.41, 5.74) is 12.7. The van der Waals surface area contributed by atoms with E-state index in [9.17, 15) is 0 Å². The Morgan fingerprint density at radius 3 is 2.27 bits per heavy atom. The van der Waals surface area contributed by atoms with Crippen molar-refractivity contribution in [1.29, 1.82) is 0 Å². The highest BCUT2D eigenvalue weighted by molar-refractivity contribution is 7.26. The fraction of sp³-hybridized carbons (Fsp3) is 0.0732. The normalized spacial score (nSPS) is 13.9. The summed E-state index contributed by atoms with van der Waals surface area (Å²) in [6.07, 6.45) is 0. The number of H-pyrrole nitrogens is 1. The minimum atomic E-state index is -0.137. The van der Waals surface area contributed by atoms with Crippen molar-refractivity contribution in [2.24, 2.45) is 0 Å². The zero-order chi connectivity index (χ0) is 29.2. The first-order chi connectivity index (χ1) is 21.6. The van der Waals surface area contributed by atoms with Gasteiger partial charge in [-0.25, -0.2) is 0 Å². The molecule has 0 saturated heterocycles. The second-order valence-corrected chi connectivity index (χ2v) is 13.7. The molecule has 1 aliphatic rings. The predicted molar refractivity (Wildman–Crippen MR) is 189 cm³/mol. The van der Waals surface area contributed by atoms with Crippen LogP contribution in [0.15, 0.2) is 127 Å². The Morgan fingerprint density at radius 1 is 0.614 bits per heavy atom. The number of hydrogen-bond donors (Lipinski definition) is 1. The Kier molecular flexibility index (Phi) is 4.70.